The molecule has 2 N–H and O–H groups in total. The lowest BCUT2D eigenvalue weighted by Crippen LogP contribution is -2.47. The van der Waals surface area contributed by atoms with Crippen LogP contribution in [0.15, 0.2) is 60.8 Å². The lowest BCUT2D eigenvalue weighted by Gasteiger charge is -2.27. The molecule has 0 aliphatic carbocycles. The Bertz CT molecular complexity index is 1440. The van der Waals surface area contributed by atoms with Crippen molar-refractivity contribution in [1.29, 1.82) is 0 Å². The molecule has 0 aromatic heterocycles. The Morgan fingerprint density at radius 1 is 0.493 bits per heavy atom. The molecule has 9 nitrogen and oxygen atoms in total. The van der Waals surface area contributed by atoms with Crippen molar-refractivity contribution in [3.8, 4) is 0 Å². The zero-order valence-electron chi connectivity index (χ0n) is 48.6. The van der Waals surface area contributed by atoms with Gasteiger partial charge in [0.05, 0.1) is 33.8 Å². The first-order valence-electron chi connectivity index (χ1n) is 30.6. The highest BCUT2D eigenvalue weighted by Gasteiger charge is 2.30. The Balaban J connectivity index is 5.24. The van der Waals surface area contributed by atoms with E-state index in [1.54, 1.807) is 0 Å². The van der Waals surface area contributed by atoms with E-state index in [2.05, 4.69) is 74.7 Å². The minimum Gasteiger partial charge on any atom is -0.456 e. The van der Waals surface area contributed by atoms with Gasteiger partial charge in [-0.3, -0.25) is 18.6 Å². The van der Waals surface area contributed by atoms with E-state index in [1.165, 1.54) is 161 Å². The van der Waals surface area contributed by atoms with Crippen LogP contribution in [-0.2, 0) is 27.9 Å². The van der Waals surface area contributed by atoms with Crippen LogP contribution in [0.5, 0.6) is 0 Å². The van der Waals surface area contributed by atoms with Crippen molar-refractivity contribution in [2.45, 2.75) is 290 Å². The van der Waals surface area contributed by atoms with Gasteiger partial charge in [0, 0.05) is 12.8 Å². The third-order valence-corrected chi connectivity index (χ3v) is 14.5. The quantitative estimate of drug-likeness (QED) is 0.0156. The summed E-state index contributed by atoms with van der Waals surface area (Å²) in [5.74, 6) is -0.525. The summed E-state index contributed by atoms with van der Waals surface area (Å²) in [6, 6.07) is -0.859. The predicted octanol–water partition coefficient (Wildman–Crippen LogP) is 18.7. The lowest BCUT2D eigenvalue weighted by atomic mass is 10.0. The molecule has 0 fully saturated rings. The van der Waals surface area contributed by atoms with Gasteiger partial charge in [0.15, 0.2) is 0 Å². The second kappa shape index (κ2) is 53.1. The average Bonchev–Trinajstić information content (AvgIpc) is 3.35. The number of nitrogens with one attached hydrogen (secondary N) is 1. The van der Waals surface area contributed by atoms with Gasteiger partial charge in [-0.05, 0) is 76.7 Å². The Morgan fingerprint density at radius 3 is 1.34 bits per heavy atom. The highest BCUT2D eigenvalue weighted by atomic mass is 31.2. The van der Waals surface area contributed by atoms with Gasteiger partial charge in [-0.1, -0.05) is 249 Å². The summed E-state index contributed by atoms with van der Waals surface area (Å²) in [5, 5.41) is 3.04. The lowest BCUT2D eigenvalue weighted by molar-refractivity contribution is -0.870. The van der Waals surface area contributed by atoms with Crippen molar-refractivity contribution < 1.29 is 37.3 Å². The molecule has 3 unspecified atom stereocenters. The van der Waals surface area contributed by atoms with Crippen LogP contribution in [0.3, 0.4) is 0 Å². The smallest absolute Gasteiger partial charge is 0.456 e. The summed E-state index contributed by atoms with van der Waals surface area (Å²) in [6.07, 6.45) is 66.5. The van der Waals surface area contributed by atoms with E-state index < -0.39 is 20.0 Å². The van der Waals surface area contributed by atoms with Crippen LogP contribution >= 0.6 is 7.82 Å². The molecule has 0 rings (SSSR count). The highest BCUT2D eigenvalue weighted by molar-refractivity contribution is 7.47. The minimum atomic E-state index is -4.45. The second-order valence-corrected chi connectivity index (χ2v) is 23.4. The molecule has 0 heterocycles. The molecule has 0 aromatic carbocycles. The fourth-order valence-electron chi connectivity index (χ4n) is 8.76. The number of allylic oxidation sites excluding steroid dienone is 9. The predicted molar refractivity (Wildman–Crippen MR) is 314 cm³/mol. The van der Waals surface area contributed by atoms with E-state index in [9.17, 15) is 19.0 Å². The van der Waals surface area contributed by atoms with Gasteiger partial charge in [-0.25, -0.2) is 4.57 Å². The Morgan fingerprint density at radius 2 is 0.890 bits per heavy atom. The molecule has 73 heavy (non-hydrogen) atoms. The first-order chi connectivity index (χ1) is 35.4. The number of carbonyl (C=O) groups is 2. The van der Waals surface area contributed by atoms with Crippen molar-refractivity contribution >= 4 is 19.7 Å². The first-order valence-corrected chi connectivity index (χ1v) is 32.1. The number of hydrogen-bond donors (Lipinski definition) is 2. The number of ether oxygens (including phenoxy) is 1. The minimum absolute atomic E-state index is 0.0350. The molecule has 0 radical (unpaired) electrons. The summed E-state index contributed by atoms with van der Waals surface area (Å²) in [7, 11) is 1.48. The van der Waals surface area contributed by atoms with Crippen molar-refractivity contribution in [2.75, 3.05) is 40.9 Å². The van der Waals surface area contributed by atoms with Crippen LogP contribution in [0.2, 0.25) is 0 Å². The van der Waals surface area contributed by atoms with Crippen molar-refractivity contribution in [2.24, 2.45) is 0 Å². The maximum absolute atomic E-state index is 13.5. The van der Waals surface area contributed by atoms with Gasteiger partial charge in [-0.2, -0.15) is 0 Å². The number of phosphoric acid groups is 1. The highest BCUT2D eigenvalue weighted by Crippen LogP contribution is 2.43. The number of phosphoric ester groups is 1. The number of esters is 1. The SMILES string of the molecule is CC/C=C/C=C/C=C\CCCCCCCC(=O)NC(COP(=O)(O)OCC[N+](C)(C)C)C(/C=C\CCCCCCCCCCCCC)OC(=O)CCCCCCCCCCCCC/C=C/CCCCCCCC. The summed E-state index contributed by atoms with van der Waals surface area (Å²) in [4.78, 5) is 37.6. The van der Waals surface area contributed by atoms with Gasteiger partial charge in [-0.15, -0.1) is 0 Å². The topological polar surface area (TPSA) is 111 Å². The number of nitrogens with zero attached hydrogens (tertiary/aromatic N) is 1. The Kier molecular flexibility index (Phi) is 51.5. The molecular formula is C63H118N2O7P+. The van der Waals surface area contributed by atoms with Crippen LogP contribution in [-0.4, -0.2) is 74.3 Å². The van der Waals surface area contributed by atoms with E-state index in [0.717, 1.165) is 83.5 Å². The molecule has 1 amide bonds. The molecule has 0 aromatic rings. The summed E-state index contributed by atoms with van der Waals surface area (Å²) >= 11 is 0. The number of quaternary nitrogens is 1. The third-order valence-electron chi connectivity index (χ3n) is 13.5. The zero-order valence-corrected chi connectivity index (χ0v) is 49.5. The normalized spacial score (nSPS) is 14.1. The third kappa shape index (κ3) is 54.3. The summed E-state index contributed by atoms with van der Waals surface area (Å²) in [6.45, 7) is 6.87. The van der Waals surface area contributed by atoms with Crippen LogP contribution in [0.1, 0.15) is 278 Å². The van der Waals surface area contributed by atoms with Gasteiger partial charge in [0.1, 0.15) is 19.3 Å². The molecule has 0 aliphatic rings. The molecule has 0 saturated heterocycles. The fraction of sp³-hybridized carbons (Fsp3) is 0.810. The fourth-order valence-corrected chi connectivity index (χ4v) is 9.49. The summed E-state index contributed by atoms with van der Waals surface area (Å²) in [5.41, 5.74) is 0. The molecule has 0 spiro atoms. The van der Waals surface area contributed by atoms with Gasteiger partial charge < -0.3 is 19.4 Å². The number of rotatable bonds is 55. The average molecular weight is 1050 g/mol. The number of carbonyl (C=O) groups excluding carboxylic acids is 2. The standard InChI is InChI=1S/C63H117N2O7P/c1-7-10-13-16-19-22-25-28-29-30-31-32-33-34-35-38-41-44-47-50-53-56-63(67)72-61(54-51-48-45-42-39-36-26-23-20-17-14-11-8-2)60(59-71-73(68,69)70-58-57-65(4,5)6)64-62(66)55-52-49-46-43-40-37-27-24-21-18-15-12-9-3/h12,15,18,21,24,27-29,51,54,60-61H,7-11,13-14,16-17,19-20,22-23,25-26,30-50,52-53,55-59H2,1-6H3,(H-,64,66,68,69)/p+1/b15-12+,21-18+,27-24-,29-28+,54-51-. The summed E-state index contributed by atoms with van der Waals surface area (Å²) < 4.78 is 30.7. The molecule has 3 atom stereocenters. The van der Waals surface area contributed by atoms with Crippen molar-refractivity contribution in [3.63, 3.8) is 0 Å². The Hall–Kier alpha value is -2.29. The maximum atomic E-state index is 13.5. The van der Waals surface area contributed by atoms with Crippen LogP contribution in [0.4, 0.5) is 0 Å². The van der Waals surface area contributed by atoms with Crippen LogP contribution in [0.25, 0.3) is 0 Å². The molecule has 0 bridgehead atoms. The molecule has 0 saturated carbocycles. The van der Waals surface area contributed by atoms with E-state index in [4.69, 9.17) is 13.8 Å². The van der Waals surface area contributed by atoms with E-state index in [1.807, 2.05) is 33.3 Å². The molecule has 426 valence electrons. The molecule has 0 aliphatic heterocycles. The first kappa shape index (κ1) is 70.7. The number of hydrogen-bond acceptors (Lipinski definition) is 6. The van der Waals surface area contributed by atoms with E-state index in [-0.39, 0.29) is 31.5 Å². The second-order valence-electron chi connectivity index (χ2n) is 21.9. The largest absolute Gasteiger partial charge is 0.472 e. The molecule has 10 heteroatoms. The van der Waals surface area contributed by atoms with Gasteiger partial charge >= 0.3 is 13.8 Å². The van der Waals surface area contributed by atoms with Crippen molar-refractivity contribution in [1.82, 2.24) is 5.32 Å². The van der Waals surface area contributed by atoms with Crippen LogP contribution < -0.4 is 5.32 Å². The van der Waals surface area contributed by atoms with E-state index in [0.29, 0.717) is 17.4 Å². The number of likely N-dealkylation sites (N-methyl/N-ethyl adjacent to an activating group) is 1. The van der Waals surface area contributed by atoms with Gasteiger partial charge in [0.2, 0.25) is 5.91 Å². The monoisotopic (exact) mass is 1050 g/mol. The zero-order chi connectivity index (χ0) is 53.6. The van der Waals surface area contributed by atoms with E-state index >= 15 is 0 Å². The Labute approximate surface area is 451 Å². The van der Waals surface area contributed by atoms with Crippen molar-refractivity contribution in [3.05, 3.63) is 60.8 Å². The van der Waals surface area contributed by atoms with Gasteiger partial charge in [0.25, 0.3) is 0 Å². The number of amides is 1. The van der Waals surface area contributed by atoms with Crippen LogP contribution in [0, 0.1) is 0 Å². The molecular weight excluding hydrogens is 928 g/mol. The maximum Gasteiger partial charge on any atom is 0.472 e. The number of unbranched alkanes of at least 4 members (excludes halogenated alkanes) is 33.